The summed E-state index contributed by atoms with van der Waals surface area (Å²) in [5, 5.41) is 10.8. The van der Waals surface area contributed by atoms with Gasteiger partial charge in [0.15, 0.2) is 5.75 Å². The fraction of sp³-hybridized carbons (Fsp3) is 0.455. The zero-order valence-corrected chi connectivity index (χ0v) is 10.3. The van der Waals surface area contributed by atoms with Gasteiger partial charge in [-0.05, 0) is 11.6 Å². The molecule has 0 aromatic heterocycles. The van der Waals surface area contributed by atoms with Gasteiger partial charge < -0.3 is 9.47 Å². The van der Waals surface area contributed by atoms with Gasteiger partial charge in [-0.2, -0.15) is 0 Å². The molecule has 0 amide bonds. The Balaban J connectivity index is 2.75. The van der Waals surface area contributed by atoms with Gasteiger partial charge in [-0.15, -0.1) is 11.6 Å². The molecule has 0 fully saturated rings. The van der Waals surface area contributed by atoms with E-state index in [0.29, 0.717) is 25.5 Å². The van der Waals surface area contributed by atoms with E-state index in [0.717, 1.165) is 5.56 Å². The van der Waals surface area contributed by atoms with E-state index in [-0.39, 0.29) is 11.4 Å². The van der Waals surface area contributed by atoms with E-state index in [4.69, 9.17) is 21.1 Å². The summed E-state index contributed by atoms with van der Waals surface area (Å²) in [4.78, 5) is 10.3. The molecule has 0 aliphatic heterocycles. The van der Waals surface area contributed by atoms with Crippen LogP contribution in [0.15, 0.2) is 18.2 Å². The van der Waals surface area contributed by atoms with E-state index >= 15 is 0 Å². The van der Waals surface area contributed by atoms with Crippen LogP contribution in [0.25, 0.3) is 0 Å². The van der Waals surface area contributed by atoms with Crippen LogP contribution in [0, 0.1) is 10.1 Å². The van der Waals surface area contributed by atoms with Gasteiger partial charge in [0.1, 0.15) is 0 Å². The van der Waals surface area contributed by atoms with Gasteiger partial charge in [0, 0.05) is 32.1 Å². The average molecular weight is 260 g/mol. The van der Waals surface area contributed by atoms with Crippen molar-refractivity contribution in [1.29, 1.82) is 0 Å². The van der Waals surface area contributed by atoms with Gasteiger partial charge in [-0.1, -0.05) is 6.07 Å². The molecule has 0 heterocycles. The molecule has 1 aromatic carbocycles. The third-order valence-electron chi connectivity index (χ3n) is 2.13. The van der Waals surface area contributed by atoms with E-state index in [1.165, 1.54) is 6.07 Å². The van der Waals surface area contributed by atoms with Crippen LogP contribution in [-0.2, 0) is 10.6 Å². The summed E-state index contributed by atoms with van der Waals surface area (Å²) in [5.41, 5.74) is 0.746. The first-order valence-corrected chi connectivity index (χ1v) is 5.67. The third-order valence-corrected chi connectivity index (χ3v) is 2.43. The first kappa shape index (κ1) is 13.7. The Morgan fingerprint density at radius 3 is 2.76 bits per heavy atom. The molecule has 17 heavy (non-hydrogen) atoms. The number of hydrogen-bond acceptors (Lipinski definition) is 4. The first-order chi connectivity index (χ1) is 8.19. The molecule has 0 radical (unpaired) electrons. The SMILES string of the molecule is COCCCOc1cc(CCl)ccc1[N+](=O)[O-]. The average Bonchev–Trinajstić information content (AvgIpc) is 2.34. The van der Waals surface area contributed by atoms with E-state index in [2.05, 4.69) is 0 Å². The summed E-state index contributed by atoms with van der Waals surface area (Å²) in [6, 6.07) is 4.62. The fourth-order valence-corrected chi connectivity index (χ4v) is 1.46. The first-order valence-electron chi connectivity index (χ1n) is 5.14. The van der Waals surface area contributed by atoms with Crippen molar-refractivity contribution in [2.75, 3.05) is 20.3 Å². The molecule has 1 rings (SSSR count). The topological polar surface area (TPSA) is 61.6 Å². The number of rotatable bonds is 7. The second-order valence-electron chi connectivity index (χ2n) is 3.39. The standard InChI is InChI=1S/C11H14ClNO4/c1-16-5-2-6-17-11-7-9(8-12)3-4-10(11)13(14)15/h3-4,7H,2,5-6,8H2,1H3. The minimum absolute atomic E-state index is 0.0451. The molecular formula is C11H14ClNO4. The summed E-state index contributed by atoms with van der Waals surface area (Å²) in [7, 11) is 1.59. The van der Waals surface area contributed by atoms with Crippen molar-refractivity contribution in [3.63, 3.8) is 0 Å². The van der Waals surface area contributed by atoms with Crippen LogP contribution < -0.4 is 4.74 Å². The monoisotopic (exact) mass is 259 g/mol. The van der Waals surface area contributed by atoms with Crippen LogP contribution in [0.1, 0.15) is 12.0 Å². The normalized spacial score (nSPS) is 10.2. The molecule has 0 spiro atoms. The van der Waals surface area contributed by atoms with Crippen molar-refractivity contribution in [2.24, 2.45) is 0 Å². The second-order valence-corrected chi connectivity index (χ2v) is 3.65. The van der Waals surface area contributed by atoms with Crippen LogP contribution in [0.5, 0.6) is 5.75 Å². The molecule has 0 unspecified atom stereocenters. The molecule has 0 N–H and O–H groups in total. The van der Waals surface area contributed by atoms with Gasteiger partial charge in [-0.3, -0.25) is 10.1 Å². The lowest BCUT2D eigenvalue weighted by Gasteiger charge is -2.07. The molecule has 5 nitrogen and oxygen atoms in total. The number of benzene rings is 1. The van der Waals surface area contributed by atoms with E-state index in [1.807, 2.05) is 0 Å². The molecule has 94 valence electrons. The molecule has 6 heteroatoms. The fourth-order valence-electron chi connectivity index (χ4n) is 1.29. The second kappa shape index (κ2) is 7.09. The number of nitrogens with zero attached hydrogens (tertiary/aromatic N) is 1. The smallest absolute Gasteiger partial charge is 0.310 e. The highest BCUT2D eigenvalue weighted by molar-refractivity contribution is 6.17. The van der Waals surface area contributed by atoms with Gasteiger partial charge in [0.2, 0.25) is 0 Å². The van der Waals surface area contributed by atoms with Crippen molar-refractivity contribution >= 4 is 17.3 Å². The Kier molecular flexibility index (Phi) is 5.72. The zero-order valence-electron chi connectivity index (χ0n) is 9.52. The largest absolute Gasteiger partial charge is 0.487 e. The lowest BCUT2D eigenvalue weighted by Crippen LogP contribution is -2.03. The highest BCUT2D eigenvalue weighted by Gasteiger charge is 2.15. The van der Waals surface area contributed by atoms with Gasteiger partial charge in [0.05, 0.1) is 11.5 Å². The van der Waals surface area contributed by atoms with E-state index in [9.17, 15) is 10.1 Å². The van der Waals surface area contributed by atoms with Crippen LogP contribution >= 0.6 is 11.6 Å². The molecule has 0 aliphatic carbocycles. The lowest BCUT2D eigenvalue weighted by molar-refractivity contribution is -0.385. The van der Waals surface area contributed by atoms with Crippen molar-refractivity contribution in [2.45, 2.75) is 12.3 Å². The predicted octanol–water partition coefficient (Wildman–Crippen LogP) is 2.75. The Morgan fingerprint density at radius 2 is 2.18 bits per heavy atom. The highest BCUT2D eigenvalue weighted by Crippen LogP contribution is 2.28. The number of nitro groups is 1. The summed E-state index contributed by atoms with van der Waals surface area (Å²) in [6.45, 7) is 0.934. The quantitative estimate of drug-likeness (QED) is 0.327. The van der Waals surface area contributed by atoms with Crippen molar-refractivity contribution in [1.82, 2.24) is 0 Å². The number of hydrogen-bond donors (Lipinski definition) is 0. The van der Waals surface area contributed by atoms with Crippen LogP contribution in [0.3, 0.4) is 0 Å². The number of nitro benzene ring substituents is 1. The van der Waals surface area contributed by atoms with Crippen molar-refractivity contribution < 1.29 is 14.4 Å². The van der Waals surface area contributed by atoms with Crippen molar-refractivity contribution in [3.8, 4) is 5.75 Å². The number of halogens is 1. The lowest BCUT2D eigenvalue weighted by atomic mass is 10.2. The highest BCUT2D eigenvalue weighted by atomic mass is 35.5. The molecule has 0 saturated carbocycles. The van der Waals surface area contributed by atoms with Crippen molar-refractivity contribution in [3.05, 3.63) is 33.9 Å². The molecule has 0 aliphatic rings. The minimum atomic E-state index is -0.469. The molecule has 0 atom stereocenters. The number of methoxy groups -OCH3 is 1. The van der Waals surface area contributed by atoms with E-state index < -0.39 is 4.92 Å². The third kappa shape index (κ3) is 4.20. The van der Waals surface area contributed by atoms with Gasteiger partial charge in [-0.25, -0.2) is 0 Å². The Morgan fingerprint density at radius 1 is 1.41 bits per heavy atom. The molecule has 0 saturated heterocycles. The van der Waals surface area contributed by atoms with Crippen LogP contribution in [0.2, 0.25) is 0 Å². The maximum absolute atomic E-state index is 10.8. The van der Waals surface area contributed by atoms with E-state index in [1.54, 1.807) is 19.2 Å². The summed E-state index contributed by atoms with van der Waals surface area (Å²) >= 11 is 5.67. The van der Waals surface area contributed by atoms with Crippen LogP contribution in [0.4, 0.5) is 5.69 Å². The molecule has 0 bridgehead atoms. The Labute approximate surface area is 104 Å². The predicted molar refractivity (Wildman–Crippen MR) is 64.6 cm³/mol. The molecule has 1 aromatic rings. The zero-order chi connectivity index (χ0) is 12.7. The van der Waals surface area contributed by atoms with Gasteiger partial charge in [0.25, 0.3) is 0 Å². The maximum atomic E-state index is 10.8. The number of alkyl halides is 1. The Hall–Kier alpha value is -1.33. The summed E-state index contributed by atoms with van der Waals surface area (Å²) in [5.74, 6) is 0.552. The maximum Gasteiger partial charge on any atom is 0.310 e. The van der Waals surface area contributed by atoms with Gasteiger partial charge >= 0.3 is 5.69 Å². The molecular weight excluding hydrogens is 246 g/mol. The Bertz CT molecular complexity index is 384. The minimum Gasteiger partial charge on any atom is -0.487 e. The number of ether oxygens (including phenoxy) is 2. The summed E-state index contributed by atoms with van der Waals surface area (Å²) in [6.07, 6.45) is 0.679. The summed E-state index contributed by atoms with van der Waals surface area (Å²) < 4.78 is 10.2. The van der Waals surface area contributed by atoms with Crippen LogP contribution in [-0.4, -0.2) is 25.2 Å².